The molecule has 0 aromatic heterocycles. The summed E-state index contributed by atoms with van der Waals surface area (Å²) in [5.74, 6) is 1.33. The van der Waals surface area contributed by atoms with Crippen molar-refractivity contribution >= 4 is 10.0 Å². The first kappa shape index (κ1) is 16.2. The zero-order valence-electron chi connectivity index (χ0n) is 11.5. The Balaban J connectivity index is 4.22. The molecule has 0 aliphatic carbocycles. The van der Waals surface area contributed by atoms with Crippen LogP contribution in [-0.2, 0) is 10.0 Å². The highest BCUT2D eigenvalue weighted by Crippen LogP contribution is 2.15. The molecule has 0 fully saturated rings. The number of rotatable bonds is 7. The number of hydrogen-bond acceptors (Lipinski definition) is 2. The van der Waals surface area contributed by atoms with Crippen LogP contribution in [0.4, 0.5) is 0 Å². The van der Waals surface area contributed by atoms with Gasteiger partial charge in [0.05, 0.1) is 6.26 Å². The number of hydrogen-bond donors (Lipinski definition) is 1. The fourth-order valence-electron chi connectivity index (χ4n) is 1.73. The van der Waals surface area contributed by atoms with Crippen molar-refractivity contribution in [3.63, 3.8) is 0 Å². The molecule has 0 aromatic carbocycles. The minimum Gasteiger partial charge on any atom is -0.284 e. The topological polar surface area (TPSA) is 46.2 Å². The van der Waals surface area contributed by atoms with Gasteiger partial charge in [0.15, 0.2) is 0 Å². The Kier molecular flexibility index (Phi) is 7.19. The number of sulfonamides is 1. The smallest absolute Gasteiger partial charge is 0.229 e. The molecule has 0 heterocycles. The Labute approximate surface area is 106 Å². The fourth-order valence-corrected chi connectivity index (χ4v) is 2.35. The predicted octanol–water partition coefficient (Wildman–Crippen LogP) is 3.07. The Morgan fingerprint density at radius 1 is 1.29 bits per heavy atom. The van der Waals surface area contributed by atoms with Crippen molar-refractivity contribution in [2.75, 3.05) is 6.26 Å². The summed E-state index contributed by atoms with van der Waals surface area (Å²) in [6.45, 7) is 8.45. The second-order valence-corrected chi connectivity index (χ2v) is 6.74. The van der Waals surface area contributed by atoms with Crippen molar-refractivity contribution in [3.05, 3.63) is 23.9 Å². The van der Waals surface area contributed by atoms with E-state index in [1.54, 1.807) is 6.08 Å². The third kappa shape index (κ3) is 10.1. The average molecular weight is 259 g/mol. The summed E-state index contributed by atoms with van der Waals surface area (Å²) in [6.07, 6.45) is 8.94. The molecule has 0 bridgehead atoms. The molecular weight excluding hydrogens is 234 g/mol. The predicted molar refractivity (Wildman–Crippen MR) is 74.1 cm³/mol. The average Bonchev–Trinajstić information content (AvgIpc) is 2.12. The van der Waals surface area contributed by atoms with Gasteiger partial charge in [0.2, 0.25) is 10.0 Å². The minimum atomic E-state index is -3.17. The molecule has 0 saturated heterocycles. The van der Waals surface area contributed by atoms with Crippen LogP contribution in [0.2, 0.25) is 0 Å². The largest absolute Gasteiger partial charge is 0.284 e. The summed E-state index contributed by atoms with van der Waals surface area (Å²) in [7, 11) is -3.17. The lowest BCUT2D eigenvalue weighted by Crippen LogP contribution is -2.20. The molecule has 4 heteroatoms. The van der Waals surface area contributed by atoms with E-state index in [4.69, 9.17) is 0 Å². The molecule has 100 valence electrons. The molecule has 0 rings (SSSR count). The summed E-state index contributed by atoms with van der Waals surface area (Å²) in [5, 5.41) is 0. The van der Waals surface area contributed by atoms with Crippen LogP contribution >= 0.6 is 0 Å². The molecule has 1 unspecified atom stereocenters. The Bertz CT molecular complexity index is 367. The van der Waals surface area contributed by atoms with E-state index in [9.17, 15) is 8.42 Å². The molecule has 3 nitrogen and oxygen atoms in total. The Morgan fingerprint density at radius 2 is 1.88 bits per heavy atom. The van der Waals surface area contributed by atoms with Gasteiger partial charge in [-0.05, 0) is 37.7 Å². The van der Waals surface area contributed by atoms with Crippen molar-refractivity contribution in [3.8, 4) is 0 Å². The van der Waals surface area contributed by atoms with Crippen LogP contribution in [0.25, 0.3) is 0 Å². The van der Waals surface area contributed by atoms with E-state index in [-0.39, 0.29) is 0 Å². The highest BCUT2D eigenvalue weighted by molar-refractivity contribution is 7.88. The molecular formula is C13H25NO2S. The Morgan fingerprint density at radius 3 is 2.29 bits per heavy atom. The van der Waals surface area contributed by atoms with E-state index in [0.29, 0.717) is 17.5 Å². The fraction of sp³-hybridized carbons (Fsp3) is 0.692. The summed E-state index contributed by atoms with van der Waals surface area (Å²) < 4.78 is 24.6. The first-order valence-corrected chi connectivity index (χ1v) is 7.94. The molecule has 0 aromatic rings. The van der Waals surface area contributed by atoms with Gasteiger partial charge in [0.1, 0.15) is 0 Å². The van der Waals surface area contributed by atoms with Crippen LogP contribution in [0.1, 0.15) is 40.5 Å². The Hall–Kier alpha value is -0.770. The van der Waals surface area contributed by atoms with E-state index < -0.39 is 10.0 Å². The lowest BCUT2D eigenvalue weighted by Gasteiger charge is -2.11. The molecule has 1 N–H and O–H groups in total. The van der Waals surface area contributed by atoms with E-state index in [1.807, 2.05) is 19.1 Å². The normalized spacial score (nSPS) is 15.5. The van der Waals surface area contributed by atoms with Gasteiger partial charge in [0.25, 0.3) is 0 Å². The minimum absolute atomic E-state index is 0.627. The summed E-state index contributed by atoms with van der Waals surface area (Å²) >= 11 is 0. The quantitative estimate of drug-likeness (QED) is 0.714. The van der Waals surface area contributed by atoms with Gasteiger partial charge in [-0.3, -0.25) is 4.72 Å². The van der Waals surface area contributed by atoms with Crippen LogP contribution in [0.15, 0.2) is 23.9 Å². The van der Waals surface area contributed by atoms with E-state index in [1.165, 1.54) is 6.42 Å². The van der Waals surface area contributed by atoms with Crippen LogP contribution in [0, 0.1) is 11.8 Å². The maximum Gasteiger partial charge on any atom is 0.229 e. The van der Waals surface area contributed by atoms with Crippen molar-refractivity contribution < 1.29 is 8.42 Å². The first-order chi connectivity index (χ1) is 7.74. The van der Waals surface area contributed by atoms with Gasteiger partial charge < -0.3 is 0 Å². The molecule has 17 heavy (non-hydrogen) atoms. The first-order valence-electron chi connectivity index (χ1n) is 6.05. The second kappa shape index (κ2) is 7.54. The lowest BCUT2D eigenvalue weighted by atomic mass is 9.96. The van der Waals surface area contributed by atoms with Crippen LogP contribution < -0.4 is 4.72 Å². The lowest BCUT2D eigenvalue weighted by molar-refractivity contribution is 0.443. The third-order valence-electron chi connectivity index (χ3n) is 2.32. The monoisotopic (exact) mass is 259 g/mol. The molecule has 0 radical (unpaired) electrons. The summed E-state index contributed by atoms with van der Waals surface area (Å²) in [5.41, 5.74) is 0.629. The van der Waals surface area contributed by atoms with Gasteiger partial charge in [-0.25, -0.2) is 8.42 Å². The number of nitrogens with one attached hydrogen (secondary N) is 1. The van der Waals surface area contributed by atoms with E-state index >= 15 is 0 Å². The maximum atomic E-state index is 11.1. The molecule has 0 aliphatic heterocycles. The third-order valence-corrected chi connectivity index (χ3v) is 2.93. The van der Waals surface area contributed by atoms with Crippen molar-refractivity contribution in [2.24, 2.45) is 11.8 Å². The highest BCUT2D eigenvalue weighted by atomic mass is 32.2. The molecule has 0 spiro atoms. The van der Waals surface area contributed by atoms with Gasteiger partial charge in [0, 0.05) is 5.70 Å². The van der Waals surface area contributed by atoms with Gasteiger partial charge in [-0.2, -0.15) is 0 Å². The van der Waals surface area contributed by atoms with Gasteiger partial charge >= 0.3 is 0 Å². The van der Waals surface area contributed by atoms with Crippen molar-refractivity contribution in [2.45, 2.75) is 40.5 Å². The zero-order chi connectivity index (χ0) is 13.5. The van der Waals surface area contributed by atoms with Crippen LogP contribution in [0.3, 0.4) is 0 Å². The SMILES string of the molecule is C/C=C(\C=C/CC(C)CC(C)C)NS(C)(=O)=O. The van der Waals surface area contributed by atoms with Gasteiger partial charge in [-0.15, -0.1) is 0 Å². The summed E-state index contributed by atoms with van der Waals surface area (Å²) in [6, 6.07) is 0. The molecule has 0 saturated carbocycles. The second-order valence-electron chi connectivity index (χ2n) is 4.99. The van der Waals surface area contributed by atoms with E-state index in [0.717, 1.165) is 12.7 Å². The highest BCUT2D eigenvalue weighted by Gasteiger charge is 2.03. The molecule has 1 atom stereocenters. The summed E-state index contributed by atoms with van der Waals surface area (Å²) in [4.78, 5) is 0. The van der Waals surface area contributed by atoms with Crippen LogP contribution in [-0.4, -0.2) is 14.7 Å². The molecule has 0 amide bonds. The van der Waals surface area contributed by atoms with Crippen molar-refractivity contribution in [1.29, 1.82) is 0 Å². The van der Waals surface area contributed by atoms with Gasteiger partial charge in [-0.1, -0.05) is 32.9 Å². The van der Waals surface area contributed by atoms with Crippen LogP contribution in [0.5, 0.6) is 0 Å². The number of allylic oxidation sites excluding steroid dienone is 3. The maximum absolute atomic E-state index is 11.1. The van der Waals surface area contributed by atoms with Crippen molar-refractivity contribution in [1.82, 2.24) is 4.72 Å². The van der Waals surface area contributed by atoms with E-state index in [2.05, 4.69) is 25.5 Å². The molecule has 0 aliphatic rings. The standard InChI is InChI=1S/C13H25NO2S/c1-6-13(14-17(5,15)16)9-7-8-12(4)10-11(2)3/h6-7,9,11-12,14H,8,10H2,1-5H3/b9-7-,13-6+. The zero-order valence-corrected chi connectivity index (χ0v) is 12.3.